The number of thiazole rings is 1. The Bertz CT molecular complexity index is 994. The van der Waals surface area contributed by atoms with E-state index in [0.29, 0.717) is 11.3 Å². The monoisotopic (exact) mass is 395 g/mol. The molecule has 0 unspecified atom stereocenters. The average Bonchev–Trinajstić information content (AvgIpc) is 3.29. The van der Waals surface area contributed by atoms with Crippen LogP contribution in [0.25, 0.3) is 11.3 Å². The number of ether oxygens (including phenoxy) is 1. The van der Waals surface area contributed by atoms with Gasteiger partial charge in [-0.15, -0.1) is 11.3 Å². The van der Waals surface area contributed by atoms with Gasteiger partial charge < -0.3 is 9.72 Å². The molecule has 0 aliphatic carbocycles. The van der Waals surface area contributed by atoms with Gasteiger partial charge in [-0.05, 0) is 18.2 Å². The SMILES string of the molecule is COC(=O)c1cc(-c2csc(NC(=O)c3ccccc3C(F)(F)F)n2)c[nH]1. The van der Waals surface area contributed by atoms with E-state index in [1.54, 1.807) is 5.38 Å². The first-order chi connectivity index (χ1) is 12.8. The fourth-order valence-electron chi connectivity index (χ4n) is 2.33. The smallest absolute Gasteiger partial charge is 0.417 e. The van der Waals surface area contributed by atoms with E-state index in [4.69, 9.17) is 0 Å². The van der Waals surface area contributed by atoms with Crippen molar-refractivity contribution in [2.45, 2.75) is 6.18 Å². The van der Waals surface area contributed by atoms with Gasteiger partial charge in [-0.2, -0.15) is 13.2 Å². The van der Waals surface area contributed by atoms with Crippen molar-refractivity contribution >= 4 is 28.3 Å². The van der Waals surface area contributed by atoms with Crippen molar-refractivity contribution in [1.82, 2.24) is 9.97 Å². The Kier molecular flexibility index (Phi) is 5.00. The van der Waals surface area contributed by atoms with Crippen molar-refractivity contribution < 1.29 is 27.5 Å². The minimum Gasteiger partial charge on any atom is -0.464 e. The first-order valence-electron chi connectivity index (χ1n) is 7.50. The number of aromatic nitrogens is 2. The predicted octanol–water partition coefficient (Wildman–Crippen LogP) is 4.20. The predicted molar refractivity (Wildman–Crippen MR) is 92.6 cm³/mol. The molecule has 0 aliphatic heterocycles. The van der Waals surface area contributed by atoms with Gasteiger partial charge >= 0.3 is 12.1 Å². The third-order valence-electron chi connectivity index (χ3n) is 3.59. The van der Waals surface area contributed by atoms with Crippen molar-refractivity contribution in [3.8, 4) is 11.3 Å². The molecule has 0 aliphatic rings. The van der Waals surface area contributed by atoms with E-state index in [-0.39, 0.29) is 10.8 Å². The molecule has 140 valence electrons. The molecule has 6 nitrogen and oxygen atoms in total. The highest BCUT2D eigenvalue weighted by molar-refractivity contribution is 7.14. The molecule has 1 aromatic carbocycles. The Morgan fingerprint density at radius 3 is 2.70 bits per heavy atom. The van der Waals surface area contributed by atoms with Crippen LogP contribution >= 0.6 is 11.3 Å². The van der Waals surface area contributed by atoms with Crippen LogP contribution in [0.1, 0.15) is 26.4 Å². The number of rotatable bonds is 4. The summed E-state index contributed by atoms with van der Waals surface area (Å²) in [6, 6.07) is 6.03. The van der Waals surface area contributed by atoms with Crippen LogP contribution in [-0.2, 0) is 10.9 Å². The molecule has 2 N–H and O–H groups in total. The number of nitrogens with zero attached hydrogens (tertiary/aromatic N) is 1. The molecule has 3 rings (SSSR count). The van der Waals surface area contributed by atoms with E-state index in [2.05, 4.69) is 20.0 Å². The van der Waals surface area contributed by atoms with Gasteiger partial charge in [-0.25, -0.2) is 9.78 Å². The van der Waals surface area contributed by atoms with Crippen LogP contribution in [0.3, 0.4) is 0 Å². The molecule has 2 aromatic heterocycles. The third-order valence-corrected chi connectivity index (χ3v) is 4.34. The topological polar surface area (TPSA) is 84.1 Å². The van der Waals surface area contributed by atoms with Crippen LogP contribution in [0.15, 0.2) is 41.9 Å². The van der Waals surface area contributed by atoms with E-state index in [1.807, 2.05) is 0 Å². The number of nitrogens with one attached hydrogen (secondary N) is 2. The number of hydrogen-bond donors (Lipinski definition) is 2. The number of anilines is 1. The van der Waals surface area contributed by atoms with Crippen LogP contribution in [-0.4, -0.2) is 29.0 Å². The number of benzene rings is 1. The summed E-state index contributed by atoms with van der Waals surface area (Å²) in [6.07, 6.45) is -3.11. The molecule has 10 heteroatoms. The second-order valence-electron chi connectivity index (χ2n) is 5.33. The number of alkyl halides is 3. The lowest BCUT2D eigenvalue weighted by Gasteiger charge is -2.11. The number of halogens is 3. The van der Waals surface area contributed by atoms with Crippen LogP contribution < -0.4 is 5.32 Å². The molecule has 27 heavy (non-hydrogen) atoms. The van der Waals surface area contributed by atoms with Gasteiger partial charge in [-0.1, -0.05) is 12.1 Å². The molecule has 0 fully saturated rings. The molecule has 0 spiro atoms. The summed E-state index contributed by atoms with van der Waals surface area (Å²) in [6.45, 7) is 0. The Morgan fingerprint density at radius 2 is 2.00 bits per heavy atom. The fourth-order valence-corrected chi connectivity index (χ4v) is 3.04. The zero-order valence-corrected chi connectivity index (χ0v) is 14.6. The number of aromatic amines is 1. The molecule has 3 aromatic rings. The molecule has 0 bridgehead atoms. The number of carbonyl (C=O) groups excluding carboxylic acids is 2. The highest BCUT2D eigenvalue weighted by atomic mass is 32.1. The van der Waals surface area contributed by atoms with Gasteiger partial charge in [0.25, 0.3) is 5.91 Å². The number of carbonyl (C=O) groups is 2. The third kappa shape index (κ3) is 4.00. The van der Waals surface area contributed by atoms with Gasteiger partial charge in [0, 0.05) is 17.1 Å². The van der Waals surface area contributed by atoms with Crippen LogP contribution in [0.2, 0.25) is 0 Å². The first-order valence-corrected chi connectivity index (χ1v) is 8.37. The fraction of sp³-hybridized carbons (Fsp3) is 0.118. The number of amides is 1. The maximum absolute atomic E-state index is 13.0. The maximum Gasteiger partial charge on any atom is 0.417 e. The Hall–Kier alpha value is -3.14. The zero-order valence-electron chi connectivity index (χ0n) is 13.8. The lowest BCUT2D eigenvalue weighted by Crippen LogP contribution is -2.18. The summed E-state index contributed by atoms with van der Waals surface area (Å²) in [5, 5.41) is 4.11. The lowest BCUT2D eigenvalue weighted by molar-refractivity contribution is -0.137. The largest absolute Gasteiger partial charge is 0.464 e. The molecular formula is C17H12F3N3O3S. The van der Waals surface area contributed by atoms with Gasteiger partial charge in [0.1, 0.15) is 5.69 Å². The molecule has 0 atom stereocenters. The molecule has 0 saturated heterocycles. The number of hydrogen-bond acceptors (Lipinski definition) is 5. The van der Waals surface area contributed by atoms with Crippen LogP contribution in [0, 0.1) is 0 Å². The Morgan fingerprint density at radius 1 is 1.26 bits per heavy atom. The summed E-state index contributed by atoms with van der Waals surface area (Å²) in [5.74, 6) is -1.46. The Labute approximate surface area is 155 Å². The number of H-pyrrole nitrogens is 1. The van der Waals surface area contributed by atoms with Crippen molar-refractivity contribution in [2.75, 3.05) is 12.4 Å². The minimum atomic E-state index is -4.64. The standard InChI is InChI=1S/C17H12F3N3O3S/c1-26-15(25)12-6-9(7-21-12)13-8-27-16(22-13)23-14(24)10-4-2-3-5-11(10)17(18,19)20/h2-8,21H,1H3,(H,22,23,24). The van der Waals surface area contributed by atoms with Crippen molar-refractivity contribution in [1.29, 1.82) is 0 Å². The van der Waals surface area contributed by atoms with Crippen LogP contribution in [0.4, 0.5) is 18.3 Å². The van der Waals surface area contributed by atoms with Crippen LogP contribution in [0.5, 0.6) is 0 Å². The average molecular weight is 395 g/mol. The lowest BCUT2D eigenvalue weighted by atomic mass is 10.1. The van der Waals surface area contributed by atoms with Gasteiger partial charge in [0.2, 0.25) is 0 Å². The summed E-state index contributed by atoms with van der Waals surface area (Å²) in [5.41, 5.74) is -0.261. The summed E-state index contributed by atoms with van der Waals surface area (Å²) in [7, 11) is 1.25. The number of esters is 1. The van der Waals surface area contributed by atoms with E-state index < -0.39 is 29.2 Å². The van der Waals surface area contributed by atoms with E-state index in [1.165, 1.54) is 31.5 Å². The van der Waals surface area contributed by atoms with Gasteiger partial charge in [0.15, 0.2) is 5.13 Å². The summed E-state index contributed by atoms with van der Waals surface area (Å²) in [4.78, 5) is 30.6. The maximum atomic E-state index is 13.0. The highest BCUT2D eigenvalue weighted by Crippen LogP contribution is 2.32. The van der Waals surface area contributed by atoms with E-state index in [0.717, 1.165) is 23.5 Å². The summed E-state index contributed by atoms with van der Waals surface area (Å²) < 4.78 is 43.7. The zero-order chi connectivity index (χ0) is 19.6. The first kappa shape index (κ1) is 18.6. The van der Waals surface area contributed by atoms with Gasteiger partial charge in [-0.3, -0.25) is 10.1 Å². The molecule has 1 amide bonds. The molecule has 2 heterocycles. The van der Waals surface area contributed by atoms with Crippen molar-refractivity contribution in [2.24, 2.45) is 0 Å². The highest BCUT2D eigenvalue weighted by Gasteiger charge is 2.35. The number of methoxy groups -OCH3 is 1. The normalized spacial score (nSPS) is 11.3. The van der Waals surface area contributed by atoms with Gasteiger partial charge in [0.05, 0.1) is 23.9 Å². The molecular weight excluding hydrogens is 383 g/mol. The van der Waals surface area contributed by atoms with E-state index >= 15 is 0 Å². The molecule has 0 saturated carbocycles. The van der Waals surface area contributed by atoms with Crippen molar-refractivity contribution in [3.63, 3.8) is 0 Å². The second-order valence-corrected chi connectivity index (χ2v) is 6.19. The quantitative estimate of drug-likeness (QED) is 0.649. The van der Waals surface area contributed by atoms with E-state index in [9.17, 15) is 22.8 Å². The minimum absolute atomic E-state index is 0.132. The molecule has 0 radical (unpaired) electrons. The van der Waals surface area contributed by atoms with Crippen molar-refractivity contribution in [3.05, 3.63) is 58.7 Å². The second kappa shape index (κ2) is 7.23. The Balaban J connectivity index is 1.80. The summed E-state index contributed by atoms with van der Waals surface area (Å²) >= 11 is 1.05.